The number of carbonyl (C=O) groups is 1. The molecule has 114 valence electrons. The number of thiophene rings is 1. The second-order valence-corrected chi connectivity index (χ2v) is 5.95. The van der Waals surface area contributed by atoms with Crippen molar-refractivity contribution in [1.82, 2.24) is 14.6 Å². The minimum absolute atomic E-state index is 0.0496. The molecule has 0 unspecified atom stereocenters. The predicted octanol–water partition coefficient (Wildman–Crippen LogP) is 3.83. The Bertz CT molecular complexity index is 887. The number of hydrogen-bond acceptors (Lipinski definition) is 4. The summed E-state index contributed by atoms with van der Waals surface area (Å²) in [6, 6.07) is 4.88. The molecule has 3 aromatic heterocycles. The third-order valence-corrected chi connectivity index (χ3v) is 4.02. The van der Waals surface area contributed by atoms with Crippen molar-refractivity contribution in [3.05, 3.63) is 40.0 Å². The predicted molar refractivity (Wildman–Crippen MR) is 73.3 cm³/mol. The topological polar surface area (TPSA) is 67.5 Å². The van der Waals surface area contributed by atoms with Gasteiger partial charge in [-0.2, -0.15) is 18.3 Å². The summed E-state index contributed by atoms with van der Waals surface area (Å²) in [6.07, 6.45) is -4.71. The van der Waals surface area contributed by atoms with Crippen LogP contribution in [-0.4, -0.2) is 25.7 Å². The number of alkyl halides is 3. The van der Waals surface area contributed by atoms with Gasteiger partial charge in [0, 0.05) is 6.07 Å². The first-order chi connectivity index (χ1) is 10.3. The summed E-state index contributed by atoms with van der Waals surface area (Å²) in [4.78, 5) is 15.4. The summed E-state index contributed by atoms with van der Waals surface area (Å²) in [5, 5.41) is 12.3. The molecule has 0 aromatic carbocycles. The van der Waals surface area contributed by atoms with Gasteiger partial charge in [-0.05, 0) is 18.2 Å². The molecule has 0 bridgehead atoms. The fraction of sp³-hybridized carbons (Fsp3) is 0.0833. The highest BCUT2D eigenvalue weighted by Gasteiger charge is 2.35. The quantitative estimate of drug-likeness (QED) is 0.765. The zero-order chi connectivity index (χ0) is 16.1. The number of nitrogens with zero attached hydrogens (tertiary/aromatic N) is 3. The fourth-order valence-corrected chi connectivity index (χ4v) is 2.86. The van der Waals surface area contributed by atoms with Crippen LogP contribution in [0.2, 0.25) is 4.34 Å². The first-order valence-corrected chi connectivity index (χ1v) is 6.92. The Labute approximate surface area is 129 Å². The molecule has 0 saturated carbocycles. The molecule has 1 N–H and O–H groups in total. The summed E-state index contributed by atoms with van der Waals surface area (Å²) < 4.78 is 40.4. The van der Waals surface area contributed by atoms with Crippen molar-refractivity contribution in [3.63, 3.8) is 0 Å². The molecule has 0 aliphatic rings. The second-order valence-electron chi connectivity index (χ2n) is 4.23. The molecule has 0 radical (unpaired) electrons. The first kappa shape index (κ1) is 14.8. The monoisotopic (exact) mass is 347 g/mol. The molecule has 0 saturated heterocycles. The van der Waals surface area contributed by atoms with Crippen LogP contribution in [0, 0.1) is 0 Å². The smallest absolute Gasteiger partial charge is 0.433 e. The van der Waals surface area contributed by atoms with Gasteiger partial charge in [-0.3, -0.25) is 0 Å². The van der Waals surface area contributed by atoms with Crippen LogP contribution in [0.25, 0.3) is 16.2 Å². The van der Waals surface area contributed by atoms with Crippen LogP contribution in [0.15, 0.2) is 24.3 Å². The zero-order valence-electron chi connectivity index (χ0n) is 10.4. The van der Waals surface area contributed by atoms with Crippen LogP contribution in [0.5, 0.6) is 0 Å². The van der Waals surface area contributed by atoms with E-state index < -0.39 is 23.5 Å². The number of hydrogen-bond donors (Lipinski definition) is 1. The van der Waals surface area contributed by atoms with E-state index in [2.05, 4.69) is 10.1 Å². The molecule has 22 heavy (non-hydrogen) atoms. The first-order valence-electron chi connectivity index (χ1n) is 5.73. The van der Waals surface area contributed by atoms with E-state index in [-0.39, 0.29) is 11.3 Å². The average Bonchev–Trinajstić information content (AvgIpc) is 3.01. The van der Waals surface area contributed by atoms with E-state index in [1.807, 2.05) is 0 Å². The van der Waals surface area contributed by atoms with Gasteiger partial charge >= 0.3 is 12.1 Å². The normalized spacial score (nSPS) is 12.0. The molecule has 10 heteroatoms. The lowest BCUT2D eigenvalue weighted by Gasteiger charge is -2.10. The molecule has 0 spiro atoms. The molecule has 0 aliphatic heterocycles. The van der Waals surface area contributed by atoms with Crippen LogP contribution in [-0.2, 0) is 6.18 Å². The van der Waals surface area contributed by atoms with Crippen LogP contribution < -0.4 is 0 Å². The van der Waals surface area contributed by atoms with E-state index in [1.54, 1.807) is 12.1 Å². The fourth-order valence-electron chi connectivity index (χ4n) is 1.86. The Kier molecular flexibility index (Phi) is 3.33. The molecule has 0 amide bonds. The van der Waals surface area contributed by atoms with Gasteiger partial charge in [0.25, 0.3) is 0 Å². The van der Waals surface area contributed by atoms with E-state index >= 15 is 0 Å². The Morgan fingerprint density at radius 3 is 2.59 bits per heavy atom. The van der Waals surface area contributed by atoms with Gasteiger partial charge in [0.05, 0.1) is 14.9 Å². The lowest BCUT2D eigenvalue weighted by atomic mass is 10.2. The molecular formula is C12H5ClF3N3O2S. The zero-order valence-corrected chi connectivity index (χ0v) is 12.0. The molecule has 0 aliphatic carbocycles. The minimum Gasteiger partial charge on any atom is -0.476 e. The Morgan fingerprint density at radius 1 is 1.32 bits per heavy atom. The number of halogens is 4. The molecule has 3 rings (SSSR count). The van der Waals surface area contributed by atoms with Gasteiger partial charge in [0.1, 0.15) is 0 Å². The van der Waals surface area contributed by atoms with E-state index in [0.717, 1.165) is 23.5 Å². The number of carboxylic acids is 1. The molecular weight excluding hydrogens is 343 g/mol. The summed E-state index contributed by atoms with van der Waals surface area (Å²) in [7, 11) is 0. The molecule has 3 aromatic rings. The molecule has 3 heterocycles. The minimum atomic E-state index is -4.71. The van der Waals surface area contributed by atoms with Crippen molar-refractivity contribution in [2.24, 2.45) is 0 Å². The van der Waals surface area contributed by atoms with Gasteiger partial charge in [-0.15, -0.1) is 11.3 Å². The van der Waals surface area contributed by atoms with Crippen LogP contribution >= 0.6 is 22.9 Å². The van der Waals surface area contributed by atoms with Gasteiger partial charge in [-0.25, -0.2) is 14.3 Å². The maximum Gasteiger partial charge on any atom is 0.433 e. The van der Waals surface area contributed by atoms with Crippen LogP contribution in [0.4, 0.5) is 13.2 Å². The molecule has 0 atom stereocenters. The summed E-state index contributed by atoms with van der Waals surface area (Å²) in [5.74, 6) is -1.43. The van der Waals surface area contributed by atoms with Crippen molar-refractivity contribution in [2.75, 3.05) is 0 Å². The lowest BCUT2D eigenvalue weighted by molar-refractivity contribution is -0.142. The van der Waals surface area contributed by atoms with Crippen molar-refractivity contribution in [1.29, 1.82) is 0 Å². The summed E-state index contributed by atoms with van der Waals surface area (Å²) >= 11 is 6.85. The number of aromatic nitrogens is 3. The van der Waals surface area contributed by atoms with Gasteiger partial charge in [-0.1, -0.05) is 11.6 Å². The second kappa shape index (κ2) is 4.96. The van der Waals surface area contributed by atoms with E-state index in [4.69, 9.17) is 16.7 Å². The number of fused-ring (bicyclic) bond motifs is 1. The maximum absolute atomic E-state index is 13.2. The number of aromatic carboxylic acids is 1. The Balaban J connectivity index is 2.30. The average molecular weight is 348 g/mol. The largest absolute Gasteiger partial charge is 0.476 e. The number of rotatable bonds is 2. The highest BCUT2D eigenvalue weighted by molar-refractivity contribution is 7.19. The molecule has 0 fully saturated rings. The van der Waals surface area contributed by atoms with Crippen LogP contribution in [0.3, 0.4) is 0 Å². The molecule has 5 nitrogen and oxygen atoms in total. The van der Waals surface area contributed by atoms with E-state index in [0.29, 0.717) is 13.7 Å². The van der Waals surface area contributed by atoms with E-state index in [9.17, 15) is 18.0 Å². The van der Waals surface area contributed by atoms with Crippen LogP contribution in [0.1, 0.15) is 16.2 Å². The summed E-state index contributed by atoms with van der Waals surface area (Å²) in [6.45, 7) is 0. The van der Waals surface area contributed by atoms with Crippen molar-refractivity contribution in [3.8, 4) is 10.6 Å². The van der Waals surface area contributed by atoms with Gasteiger partial charge in [0.2, 0.25) is 0 Å². The van der Waals surface area contributed by atoms with Crippen molar-refractivity contribution < 1.29 is 23.1 Å². The lowest BCUT2D eigenvalue weighted by Crippen LogP contribution is -2.14. The number of carboxylic acid groups (broad SMARTS) is 1. The van der Waals surface area contributed by atoms with Crippen molar-refractivity contribution in [2.45, 2.75) is 6.18 Å². The Morgan fingerprint density at radius 2 is 2.05 bits per heavy atom. The third-order valence-electron chi connectivity index (χ3n) is 2.76. The van der Waals surface area contributed by atoms with Crippen molar-refractivity contribution >= 4 is 34.6 Å². The highest BCUT2D eigenvalue weighted by Crippen LogP contribution is 2.35. The van der Waals surface area contributed by atoms with E-state index in [1.165, 1.54) is 0 Å². The van der Waals surface area contributed by atoms with Gasteiger partial charge in [0.15, 0.2) is 17.0 Å². The third kappa shape index (κ3) is 2.53. The van der Waals surface area contributed by atoms with Gasteiger partial charge < -0.3 is 5.11 Å². The highest BCUT2D eigenvalue weighted by atomic mass is 35.5. The SMILES string of the molecule is O=C(O)c1cc2nc(-c3ccc(Cl)s3)cc(C(F)(F)F)n2n1. The maximum atomic E-state index is 13.2. The Hall–Kier alpha value is -2.13. The summed E-state index contributed by atoms with van der Waals surface area (Å²) in [5.41, 5.74) is -1.77. The standard InChI is InChI=1S/C12H5ClF3N3O2S/c13-9-2-1-7(22-9)5-3-8(12(14,15)16)19-10(17-5)4-6(18-19)11(20)21/h1-4H,(H,20,21).